The molecule has 2 atom stereocenters. The molecule has 2 unspecified atom stereocenters. The molecule has 122 valence electrons. The Morgan fingerprint density at radius 2 is 2.13 bits per heavy atom. The Kier molecular flexibility index (Phi) is 4.35. The molecule has 1 aromatic carbocycles. The number of nitrogens with zero attached hydrogens (tertiary/aromatic N) is 2. The summed E-state index contributed by atoms with van der Waals surface area (Å²) >= 11 is 6.11. The molecule has 1 aliphatic carbocycles. The molecule has 3 rings (SSSR count). The van der Waals surface area contributed by atoms with E-state index in [0.29, 0.717) is 17.7 Å². The molecule has 0 saturated heterocycles. The van der Waals surface area contributed by atoms with Gasteiger partial charge in [-0.2, -0.15) is 9.78 Å². The van der Waals surface area contributed by atoms with Gasteiger partial charge in [0.1, 0.15) is 16.5 Å². The van der Waals surface area contributed by atoms with Crippen LogP contribution in [0.25, 0.3) is 5.69 Å². The zero-order chi connectivity index (χ0) is 16.6. The Morgan fingerprint density at radius 3 is 2.78 bits per heavy atom. The average Bonchev–Trinajstić information content (AvgIpc) is 2.90. The van der Waals surface area contributed by atoms with Crippen molar-refractivity contribution in [3.63, 3.8) is 0 Å². The van der Waals surface area contributed by atoms with Gasteiger partial charge in [-0.1, -0.05) is 18.5 Å². The number of rotatable bonds is 3. The van der Waals surface area contributed by atoms with Gasteiger partial charge in [-0.05, 0) is 37.3 Å². The van der Waals surface area contributed by atoms with Crippen molar-refractivity contribution in [3.8, 4) is 5.69 Å². The quantitative estimate of drug-likeness (QED) is 0.926. The minimum Gasteiger partial charge on any atom is -0.380 e. The normalized spacial score (nSPS) is 20.7. The van der Waals surface area contributed by atoms with E-state index in [4.69, 9.17) is 11.6 Å². The van der Waals surface area contributed by atoms with Crippen LogP contribution in [0.1, 0.15) is 26.2 Å². The molecule has 4 nitrogen and oxygen atoms in total. The standard InChI is InChI=1S/C16H16ClF2N3O/c1-9-2-4-11(6-9)21-13-8-20-22(16(23)15(13)17)14-5-3-10(18)7-12(14)19/h3,5,7-9,11,21H,2,4,6H2,1H3. The maximum absolute atomic E-state index is 13.8. The van der Waals surface area contributed by atoms with Gasteiger partial charge in [-0.15, -0.1) is 0 Å². The third-order valence-corrected chi connectivity index (χ3v) is 4.48. The molecule has 1 fully saturated rings. The van der Waals surface area contributed by atoms with Crippen LogP contribution in [0.4, 0.5) is 14.5 Å². The predicted molar refractivity (Wildman–Crippen MR) is 85.2 cm³/mol. The molecule has 1 heterocycles. The molecule has 1 aromatic heterocycles. The first-order valence-electron chi connectivity index (χ1n) is 7.45. The van der Waals surface area contributed by atoms with Gasteiger partial charge in [0.15, 0.2) is 5.82 Å². The number of nitrogens with one attached hydrogen (secondary N) is 1. The van der Waals surface area contributed by atoms with Crippen molar-refractivity contribution in [3.05, 3.63) is 51.4 Å². The van der Waals surface area contributed by atoms with Crippen molar-refractivity contribution in [2.45, 2.75) is 32.2 Å². The molecule has 1 saturated carbocycles. The SMILES string of the molecule is CC1CCC(Nc2cnn(-c3ccc(F)cc3F)c(=O)c2Cl)C1. The van der Waals surface area contributed by atoms with Crippen LogP contribution < -0.4 is 10.9 Å². The fourth-order valence-corrected chi connectivity index (χ4v) is 3.10. The van der Waals surface area contributed by atoms with Crippen molar-refractivity contribution < 1.29 is 8.78 Å². The molecular formula is C16H16ClF2N3O. The Bertz CT molecular complexity index is 793. The van der Waals surface area contributed by atoms with Crippen LogP contribution in [0.5, 0.6) is 0 Å². The zero-order valence-electron chi connectivity index (χ0n) is 12.5. The summed E-state index contributed by atoms with van der Waals surface area (Å²) in [5, 5.41) is 7.12. The summed E-state index contributed by atoms with van der Waals surface area (Å²) in [7, 11) is 0. The fraction of sp³-hybridized carbons (Fsp3) is 0.375. The van der Waals surface area contributed by atoms with E-state index in [1.807, 2.05) is 0 Å². The zero-order valence-corrected chi connectivity index (χ0v) is 13.3. The Balaban J connectivity index is 1.93. The highest BCUT2D eigenvalue weighted by Crippen LogP contribution is 2.29. The number of hydrogen-bond acceptors (Lipinski definition) is 3. The lowest BCUT2D eigenvalue weighted by Crippen LogP contribution is -2.25. The van der Waals surface area contributed by atoms with E-state index in [2.05, 4.69) is 17.3 Å². The van der Waals surface area contributed by atoms with Crippen molar-refractivity contribution in [2.24, 2.45) is 5.92 Å². The Hall–Kier alpha value is -1.95. The number of anilines is 1. The molecule has 0 amide bonds. The van der Waals surface area contributed by atoms with Crippen molar-refractivity contribution in [2.75, 3.05) is 5.32 Å². The van der Waals surface area contributed by atoms with E-state index >= 15 is 0 Å². The third kappa shape index (κ3) is 3.22. The van der Waals surface area contributed by atoms with Gasteiger partial charge in [0.2, 0.25) is 0 Å². The summed E-state index contributed by atoms with van der Waals surface area (Å²) in [6.07, 6.45) is 4.54. The van der Waals surface area contributed by atoms with Crippen LogP contribution >= 0.6 is 11.6 Å². The smallest absolute Gasteiger partial charge is 0.292 e. The van der Waals surface area contributed by atoms with Crippen LogP contribution in [0, 0.1) is 17.6 Å². The van der Waals surface area contributed by atoms with Crippen molar-refractivity contribution in [1.29, 1.82) is 0 Å². The molecule has 0 radical (unpaired) electrons. The van der Waals surface area contributed by atoms with Crippen LogP contribution in [0.2, 0.25) is 5.02 Å². The maximum atomic E-state index is 13.8. The largest absolute Gasteiger partial charge is 0.380 e. The molecule has 0 spiro atoms. The molecule has 1 aliphatic rings. The van der Waals surface area contributed by atoms with E-state index in [1.54, 1.807) is 0 Å². The Labute approximate surface area is 137 Å². The highest BCUT2D eigenvalue weighted by atomic mass is 35.5. The predicted octanol–water partition coefficient (Wildman–Crippen LogP) is 3.76. The molecule has 2 aromatic rings. The van der Waals surface area contributed by atoms with E-state index < -0.39 is 17.2 Å². The highest BCUT2D eigenvalue weighted by molar-refractivity contribution is 6.32. The summed E-state index contributed by atoms with van der Waals surface area (Å²) in [6, 6.07) is 3.17. The van der Waals surface area contributed by atoms with Gasteiger partial charge in [0.05, 0.1) is 11.9 Å². The first-order chi connectivity index (χ1) is 11.0. The van der Waals surface area contributed by atoms with Crippen LogP contribution in [0.3, 0.4) is 0 Å². The summed E-state index contributed by atoms with van der Waals surface area (Å²) < 4.78 is 27.6. The number of aromatic nitrogens is 2. The monoisotopic (exact) mass is 339 g/mol. The van der Waals surface area contributed by atoms with Crippen LogP contribution in [-0.2, 0) is 0 Å². The second-order valence-corrected chi connectivity index (χ2v) is 6.32. The van der Waals surface area contributed by atoms with Gasteiger partial charge in [0.25, 0.3) is 5.56 Å². The molecule has 7 heteroatoms. The third-order valence-electron chi connectivity index (χ3n) is 4.11. The minimum absolute atomic E-state index is 0.0525. The van der Waals surface area contributed by atoms with Gasteiger partial charge < -0.3 is 5.32 Å². The average molecular weight is 340 g/mol. The number of hydrogen-bond donors (Lipinski definition) is 1. The second kappa shape index (κ2) is 6.28. The highest BCUT2D eigenvalue weighted by Gasteiger charge is 2.23. The first kappa shape index (κ1) is 15.9. The minimum atomic E-state index is -0.874. The molecular weight excluding hydrogens is 324 g/mol. The first-order valence-corrected chi connectivity index (χ1v) is 7.83. The van der Waals surface area contributed by atoms with Crippen molar-refractivity contribution >= 4 is 17.3 Å². The fourth-order valence-electron chi connectivity index (χ4n) is 2.92. The Morgan fingerprint density at radius 1 is 1.35 bits per heavy atom. The van der Waals surface area contributed by atoms with E-state index in [-0.39, 0.29) is 16.8 Å². The molecule has 23 heavy (non-hydrogen) atoms. The summed E-state index contributed by atoms with van der Waals surface area (Å²) in [6.45, 7) is 2.18. The van der Waals surface area contributed by atoms with Crippen molar-refractivity contribution in [1.82, 2.24) is 9.78 Å². The summed E-state index contributed by atoms with van der Waals surface area (Å²) in [5.74, 6) is -0.965. The van der Waals surface area contributed by atoms with Gasteiger partial charge >= 0.3 is 0 Å². The number of halogens is 3. The maximum Gasteiger partial charge on any atom is 0.292 e. The van der Waals surface area contributed by atoms with E-state index in [9.17, 15) is 13.6 Å². The van der Waals surface area contributed by atoms with E-state index in [0.717, 1.165) is 36.1 Å². The van der Waals surface area contributed by atoms with Crippen LogP contribution in [-0.4, -0.2) is 15.8 Å². The number of benzene rings is 1. The van der Waals surface area contributed by atoms with Crippen LogP contribution in [0.15, 0.2) is 29.2 Å². The molecule has 0 bridgehead atoms. The lowest BCUT2D eigenvalue weighted by atomic mass is 10.1. The lowest BCUT2D eigenvalue weighted by molar-refractivity contribution is 0.570. The van der Waals surface area contributed by atoms with Gasteiger partial charge in [-0.3, -0.25) is 4.79 Å². The lowest BCUT2D eigenvalue weighted by Gasteiger charge is -2.15. The molecule has 1 N–H and O–H groups in total. The summed E-state index contributed by atoms with van der Waals surface area (Å²) in [4.78, 5) is 12.3. The van der Waals surface area contributed by atoms with E-state index in [1.165, 1.54) is 6.20 Å². The second-order valence-electron chi connectivity index (χ2n) is 5.94. The topological polar surface area (TPSA) is 46.9 Å². The van der Waals surface area contributed by atoms with Gasteiger partial charge in [-0.25, -0.2) is 8.78 Å². The molecule has 0 aliphatic heterocycles. The summed E-state index contributed by atoms with van der Waals surface area (Å²) in [5.41, 5.74) is -0.345. The van der Waals surface area contributed by atoms with Gasteiger partial charge in [0, 0.05) is 12.1 Å².